The van der Waals surface area contributed by atoms with Crippen LogP contribution >= 0.6 is 11.8 Å². The molecule has 6 heteroatoms. The number of aromatic nitrogens is 2. The summed E-state index contributed by atoms with van der Waals surface area (Å²) in [4.78, 5) is 19.9. The van der Waals surface area contributed by atoms with Gasteiger partial charge < -0.3 is 9.72 Å². The number of aromatic amines is 1. The van der Waals surface area contributed by atoms with E-state index >= 15 is 0 Å². The van der Waals surface area contributed by atoms with Crippen LogP contribution in [0.3, 0.4) is 0 Å². The summed E-state index contributed by atoms with van der Waals surface area (Å²) < 4.78 is 18.0. The summed E-state index contributed by atoms with van der Waals surface area (Å²) in [6.07, 6.45) is 4.18. The smallest absolute Gasteiger partial charge is 0.337 e. The summed E-state index contributed by atoms with van der Waals surface area (Å²) in [5.41, 5.74) is 1.52. The average Bonchev–Trinajstić information content (AvgIpc) is 3.15. The Bertz CT molecular complexity index is 818. The van der Waals surface area contributed by atoms with Gasteiger partial charge in [0.1, 0.15) is 11.6 Å². The highest BCUT2D eigenvalue weighted by Gasteiger charge is 2.16. The van der Waals surface area contributed by atoms with Gasteiger partial charge in [0.15, 0.2) is 0 Å². The normalized spacial score (nSPS) is 11.9. The van der Waals surface area contributed by atoms with Crippen molar-refractivity contribution >= 4 is 17.7 Å². The topological polar surface area (TPSA) is 55.0 Å². The van der Waals surface area contributed by atoms with Gasteiger partial charge in [0.25, 0.3) is 0 Å². The van der Waals surface area contributed by atoms with Gasteiger partial charge in [0, 0.05) is 29.0 Å². The van der Waals surface area contributed by atoms with Gasteiger partial charge in [-0.1, -0.05) is 12.1 Å². The third-order valence-corrected chi connectivity index (χ3v) is 5.00. The lowest BCUT2D eigenvalue weighted by atomic mass is 10.1. The van der Waals surface area contributed by atoms with E-state index < -0.39 is 0 Å². The Morgan fingerprint density at radius 3 is 2.52 bits per heavy atom. The second-order valence-corrected chi connectivity index (χ2v) is 6.69. The first kappa shape index (κ1) is 17.2. The zero-order chi connectivity index (χ0) is 17.6. The molecule has 3 aromatic rings. The predicted octanol–water partition coefficient (Wildman–Crippen LogP) is 4.41. The van der Waals surface area contributed by atoms with Crippen LogP contribution in [0.25, 0.3) is 0 Å². The number of nitrogens with zero attached hydrogens (tertiary/aromatic N) is 1. The molecule has 3 rings (SSSR count). The highest BCUT2D eigenvalue weighted by molar-refractivity contribution is 7.99. The lowest BCUT2D eigenvalue weighted by Crippen LogP contribution is -2.02. The molecule has 1 heterocycles. The molecule has 0 amide bonds. The van der Waals surface area contributed by atoms with Crippen LogP contribution in [0.4, 0.5) is 4.39 Å². The molecule has 0 aliphatic heterocycles. The van der Waals surface area contributed by atoms with Crippen LogP contribution < -0.4 is 0 Å². The standard InChI is InChI=1S/C19H17FN2O2S/c1-24-19(23)14-4-8-16(9-5-14)25-17(12-18-21-10-11-22-18)13-2-6-15(20)7-3-13/h2-11,17H,12H2,1H3,(H,21,22). The molecule has 0 radical (unpaired) electrons. The third kappa shape index (κ3) is 4.48. The molecule has 0 fully saturated rings. The molecule has 1 unspecified atom stereocenters. The van der Waals surface area contributed by atoms with Gasteiger partial charge in [-0.25, -0.2) is 14.2 Å². The van der Waals surface area contributed by atoms with Crippen molar-refractivity contribution in [3.8, 4) is 0 Å². The monoisotopic (exact) mass is 356 g/mol. The molecule has 1 N–H and O–H groups in total. The number of methoxy groups -OCH3 is 1. The van der Waals surface area contributed by atoms with Gasteiger partial charge in [-0.2, -0.15) is 0 Å². The van der Waals surface area contributed by atoms with Gasteiger partial charge in [0.05, 0.1) is 12.7 Å². The van der Waals surface area contributed by atoms with E-state index in [1.54, 1.807) is 48.4 Å². The van der Waals surface area contributed by atoms with Crippen LogP contribution in [-0.4, -0.2) is 23.0 Å². The number of halogens is 1. The number of imidazole rings is 1. The van der Waals surface area contributed by atoms with Gasteiger partial charge in [0.2, 0.25) is 0 Å². The summed E-state index contributed by atoms with van der Waals surface area (Å²) in [6.45, 7) is 0. The molecule has 25 heavy (non-hydrogen) atoms. The molecule has 0 aliphatic rings. The Hall–Kier alpha value is -2.60. The first-order valence-electron chi connectivity index (χ1n) is 7.74. The van der Waals surface area contributed by atoms with Crippen molar-refractivity contribution in [3.05, 3.63) is 83.7 Å². The zero-order valence-electron chi connectivity index (χ0n) is 13.6. The fourth-order valence-electron chi connectivity index (χ4n) is 2.44. The molecule has 2 aromatic carbocycles. The van der Waals surface area contributed by atoms with Crippen LogP contribution in [-0.2, 0) is 11.2 Å². The van der Waals surface area contributed by atoms with Crippen molar-refractivity contribution in [1.29, 1.82) is 0 Å². The predicted molar refractivity (Wildman–Crippen MR) is 95.1 cm³/mol. The lowest BCUT2D eigenvalue weighted by Gasteiger charge is -2.16. The second kappa shape index (κ2) is 7.98. The van der Waals surface area contributed by atoms with Gasteiger partial charge in [-0.05, 0) is 42.0 Å². The van der Waals surface area contributed by atoms with Gasteiger partial charge in [-0.15, -0.1) is 11.8 Å². The van der Waals surface area contributed by atoms with E-state index in [4.69, 9.17) is 4.74 Å². The van der Waals surface area contributed by atoms with E-state index in [2.05, 4.69) is 9.97 Å². The molecule has 0 saturated carbocycles. The summed E-state index contributed by atoms with van der Waals surface area (Å²) in [5.74, 6) is 0.253. The minimum atomic E-state index is -0.359. The van der Waals surface area contributed by atoms with Crippen LogP contribution in [0.15, 0.2) is 65.8 Å². The number of H-pyrrole nitrogens is 1. The van der Waals surface area contributed by atoms with E-state index in [0.717, 1.165) is 16.3 Å². The van der Waals surface area contributed by atoms with E-state index in [0.29, 0.717) is 12.0 Å². The van der Waals surface area contributed by atoms with Crippen LogP contribution in [0.1, 0.15) is 27.0 Å². The SMILES string of the molecule is COC(=O)c1ccc(SC(Cc2ncc[nH]2)c2ccc(F)cc2)cc1. The van der Waals surface area contributed by atoms with E-state index in [9.17, 15) is 9.18 Å². The molecule has 4 nitrogen and oxygen atoms in total. The number of thioether (sulfide) groups is 1. The van der Waals surface area contributed by atoms with Crippen LogP contribution in [0, 0.1) is 5.82 Å². The van der Waals surface area contributed by atoms with Crippen molar-refractivity contribution in [2.45, 2.75) is 16.6 Å². The quantitative estimate of drug-likeness (QED) is 0.525. The summed E-state index contributed by atoms with van der Waals surface area (Å²) in [7, 11) is 1.36. The molecule has 0 spiro atoms. The number of hydrogen-bond donors (Lipinski definition) is 1. The molecular weight excluding hydrogens is 339 g/mol. The number of rotatable bonds is 6. The minimum absolute atomic E-state index is 0.0655. The van der Waals surface area contributed by atoms with Crippen LogP contribution in [0.2, 0.25) is 0 Å². The highest BCUT2D eigenvalue weighted by Crippen LogP contribution is 2.37. The minimum Gasteiger partial charge on any atom is -0.465 e. The molecule has 1 aromatic heterocycles. The number of nitrogens with one attached hydrogen (secondary N) is 1. The lowest BCUT2D eigenvalue weighted by molar-refractivity contribution is 0.0600. The second-order valence-electron chi connectivity index (χ2n) is 5.41. The van der Waals surface area contributed by atoms with Crippen molar-refractivity contribution in [1.82, 2.24) is 9.97 Å². The number of esters is 1. The van der Waals surface area contributed by atoms with Crippen molar-refractivity contribution in [3.63, 3.8) is 0 Å². The number of benzene rings is 2. The van der Waals surface area contributed by atoms with Gasteiger partial charge >= 0.3 is 5.97 Å². The molecule has 1 atom stereocenters. The third-order valence-electron chi connectivity index (χ3n) is 3.73. The number of carbonyl (C=O) groups excluding carboxylic acids is 1. The van der Waals surface area contributed by atoms with Crippen LogP contribution in [0.5, 0.6) is 0 Å². The fraction of sp³-hybridized carbons (Fsp3) is 0.158. The molecule has 0 aliphatic carbocycles. The van der Waals surface area contributed by atoms with Crippen molar-refractivity contribution in [2.24, 2.45) is 0 Å². The Morgan fingerprint density at radius 1 is 1.20 bits per heavy atom. The summed E-state index contributed by atoms with van der Waals surface area (Å²) in [6, 6.07) is 13.8. The average molecular weight is 356 g/mol. The maximum absolute atomic E-state index is 13.2. The maximum Gasteiger partial charge on any atom is 0.337 e. The van der Waals surface area contributed by atoms with Crippen molar-refractivity contribution < 1.29 is 13.9 Å². The Morgan fingerprint density at radius 2 is 1.92 bits per heavy atom. The first-order valence-corrected chi connectivity index (χ1v) is 8.62. The number of hydrogen-bond acceptors (Lipinski definition) is 4. The molecular formula is C19H17FN2O2S. The maximum atomic E-state index is 13.2. The Balaban J connectivity index is 1.81. The summed E-state index contributed by atoms with van der Waals surface area (Å²) >= 11 is 1.64. The number of ether oxygens (including phenoxy) is 1. The molecule has 128 valence electrons. The van der Waals surface area contributed by atoms with E-state index in [1.807, 2.05) is 12.1 Å². The largest absolute Gasteiger partial charge is 0.465 e. The Kier molecular flexibility index (Phi) is 5.50. The highest BCUT2D eigenvalue weighted by atomic mass is 32.2. The first-order chi connectivity index (χ1) is 12.2. The molecule has 0 saturated heterocycles. The zero-order valence-corrected chi connectivity index (χ0v) is 14.4. The molecule has 0 bridgehead atoms. The Labute approximate surface area is 149 Å². The van der Waals surface area contributed by atoms with Crippen molar-refractivity contribution in [2.75, 3.05) is 7.11 Å². The summed E-state index contributed by atoms with van der Waals surface area (Å²) in [5, 5.41) is 0.0655. The van der Waals surface area contributed by atoms with Gasteiger partial charge in [-0.3, -0.25) is 0 Å². The van der Waals surface area contributed by atoms with E-state index in [-0.39, 0.29) is 17.0 Å². The fourth-order valence-corrected chi connectivity index (χ4v) is 3.60. The van der Waals surface area contributed by atoms with E-state index in [1.165, 1.54) is 19.2 Å². The number of carbonyl (C=O) groups is 1.